The highest BCUT2D eigenvalue weighted by Gasteiger charge is 2.06. The quantitative estimate of drug-likeness (QED) is 0.648. The van der Waals surface area contributed by atoms with E-state index in [0.29, 0.717) is 5.15 Å². The number of hydrogen-bond acceptors (Lipinski definition) is 2. The van der Waals surface area contributed by atoms with Crippen LogP contribution in [-0.2, 0) is 6.54 Å². The first-order valence-electron chi connectivity index (χ1n) is 5.34. The monoisotopic (exact) mass is 243 g/mol. The summed E-state index contributed by atoms with van der Waals surface area (Å²) in [5.74, 6) is 0. The molecule has 0 unspecified atom stereocenters. The molecule has 0 saturated heterocycles. The molecule has 2 aromatic heterocycles. The van der Waals surface area contributed by atoms with Crippen LogP contribution in [0.4, 0.5) is 0 Å². The fraction of sp³-hybridized carbons (Fsp3) is 0.0769. The topological polar surface area (TPSA) is 30.7 Å². The first-order chi connectivity index (χ1) is 8.34. The van der Waals surface area contributed by atoms with Crippen LogP contribution in [0.3, 0.4) is 0 Å². The molecule has 0 spiro atoms. The molecule has 3 aromatic rings. The lowest BCUT2D eigenvalue weighted by Gasteiger charge is -2.03. The first-order valence-corrected chi connectivity index (χ1v) is 5.72. The van der Waals surface area contributed by atoms with E-state index in [1.165, 1.54) is 5.56 Å². The molecule has 0 radical (unpaired) electrons. The van der Waals surface area contributed by atoms with E-state index in [1.807, 2.05) is 28.9 Å². The molecule has 3 nitrogen and oxygen atoms in total. The van der Waals surface area contributed by atoms with Crippen LogP contribution < -0.4 is 0 Å². The summed E-state index contributed by atoms with van der Waals surface area (Å²) < 4.78 is 1.93. The second-order valence-corrected chi connectivity index (χ2v) is 4.18. The lowest BCUT2D eigenvalue weighted by atomic mass is 10.2. The molecule has 2 heterocycles. The van der Waals surface area contributed by atoms with Gasteiger partial charge in [-0.2, -0.15) is 5.10 Å². The number of pyridine rings is 1. The van der Waals surface area contributed by atoms with Crippen molar-refractivity contribution in [3.8, 4) is 0 Å². The van der Waals surface area contributed by atoms with Gasteiger partial charge in [-0.1, -0.05) is 41.9 Å². The Morgan fingerprint density at radius 1 is 1.12 bits per heavy atom. The SMILES string of the molecule is Clc1nccc2c1cnn2Cc1ccccc1. The summed E-state index contributed by atoms with van der Waals surface area (Å²) in [6.45, 7) is 0.741. The van der Waals surface area contributed by atoms with Crippen molar-refractivity contribution in [3.05, 3.63) is 59.5 Å². The van der Waals surface area contributed by atoms with E-state index in [-0.39, 0.29) is 0 Å². The van der Waals surface area contributed by atoms with E-state index < -0.39 is 0 Å². The lowest BCUT2D eigenvalue weighted by Crippen LogP contribution is -2.00. The van der Waals surface area contributed by atoms with E-state index in [1.54, 1.807) is 12.4 Å². The lowest BCUT2D eigenvalue weighted by molar-refractivity contribution is 0.712. The van der Waals surface area contributed by atoms with E-state index in [4.69, 9.17) is 11.6 Å². The number of hydrogen-bond donors (Lipinski definition) is 0. The van der Waals surface area contributed by atoms with Crippen molar-refractivity contribution in [2.45, 2.75) is 6.54 Å². The van der Waals surface area contributed by atoms with Crippen molar-refractivity contribution in [2.75, 3.05) is 0 Å². The fourth-order valence-electron chi connectivity index (χ4n) is 1.85. The minimum atomic E-state index is 0.502. The first kappa shape index (κ1) is 10.3. The minimum Gasteiger partial charge on any atom is -0.260 e. The standard InChI is InChI=1S/C13H10ClN3/c14-13-11-8-16-17(12(11)6-7-15-13)9-10-4-2-1-3-5-10/h1-8H,9H2. The summed E-state index contributed by atoms with van der Waals surface area (Å²) >= 11 is 6.01. The zero-order valence-electron chi connectivity index (χ0n) is 9.05. The average Bonchev–Trinajstić information content (AvgIpc) is 2.76. The molecule has 3 rings (SSSR count). The number of rotatable bonds is 2. The molecule has 0 aliphatic carbocycles. The largest absolute Gasteiger partial charge is 0.260 e. The van der Waals surface area contributed by atoms with Crippen LogP contribution in [0.1, 0.15) is 5.56 Å². The van der Waals surface area contributed by atoms with Gasteiger partial charge in [0.05, 0.1) is 23.6 Å². The van der Waals surface area contributed by atoms with Crippen molar-refractivity contribution in [2.24, 2.45) is 0 Å². The van der Waals surface area contributed by atoms with Gasteiger partial charge in [-0.15, -0.1) is 0 Å². The number of halogens is 1. The molecule has 0 fully saturated rings. The highest BCUT2D eigenvalue weighted by Crippen LogP contribution is 2.20. The van der Waals surface area contributed by atoms with Crippen molar-refractivity contribution in [3.63, 3.8) is 0 Å². The fourth-order valence-corrected chi connectivity index (χ4v) is 2.06. The Morgan fingerprint density at radius 2 is 1.94 bits per heavy atom. The smallest absolute Gasteiger partial charge is 0.139 e. The zero-order chi connectivity index (χ0) is 11.7. The van der Waals surface area contributed by atoms with E-state index in [0.717, 1.165) is 17.4 Å². The van der Waals surface area contributed by atoms with Crippen LogP contribution in [0, 0.1) is 0 Å². The third kappa shape index (κ3) is 1.89. The Balaban J connectivity index is 2.05. The summed E-state index contributed by atoms with van der Waals surface area (Å²) in [4.78, 5) is 4.04. The van der Waals surface area contributed by atoms with E-state index in [9.17, 15) is 0 Å². The summed E-state index contributed by atoms with van der Waals surface area (Å²) in [6, 6.07) is 12.1. The molecule has 0 bridgehead atoms. The Kier molecular flexibility index (Phi) is 2.53. The predicted molar refractivity (Wildman–Crippen MR) is 68.1 cm³/mol. The average molecular weight is 244 g/mol. The molecule has 0 atom stereocenters. The Bertz CT molecular complexity index is 646. The molecule has 1 aromatic carbocycles. The van der Waals surface area contributed by atoms with E-state index >= 15 is 0 Å². The molecule has 0 aliphatic heterocycles. The van der Waals surface area contributed by atoms with Gasteiger partial charge in [0.1, 0.15) is 5.15 Å². The van der Waals surface area contributed by atoms with Gasteiger partial charge >= 0.3 is 0 Å². The highest BCUT2D eigenvalue weighted by atomic mass is 35.5. The van der Waals surface area contributed by atoms with Crippen LogP contribution in [0.2, 0.25) is 5.15 Å². The maximum atomic E-state index is 6.01. The van der Waals surface area contributed by atoms with Crippen LogP contribution in [-0.4, -0.2) is 14.8 Å². The molecule has 0 aliphatic rings. The number of fused-ring (bicyclic) bond motifs is 1. The number of nitrogens with zero attached hydrogens (tertiary/aromatic N) is 3. The molecule has 0 saturated carbocycles. The molecular formula is C13H10ClN3. The van der Waals surface area contributed by atoms with Crippen LogP contribution in [0.15, 0.2) is 48.8 Å². The maximum absolute atomic E-state index is 6.01. The van der Waals surface area contributed by atoms with Crippen molar-refractivity contribution >= 4 is 22.5 Å². The van der Waals surface area contributed by atoms with Crippen molar-refractivity contribution < 1.29 is 0 Å². The molecule has 84 valence electrons. The molecule has 0 N–H and O–H groups in total. The Morgan fingerprint density at radius 3 is 2.76 bits per heavy atom. The minimum absolute atomic E-state index is 0.502. The van der Waals surface area contributed by atoms with Gasteiger partial charge in [0.15, 0.2) is 0 Å². The molecule has 4 heteroatoms. The Labute approximate surface area is 104 Å². The summed E-state index contributed by atoms with van der Waals surface area (Å²) in [7, 11) is 0. The zero-order valence-corrected chi connectivity index (χ0v) is 9.80. The predicted octanol–water partition coefficient (Wildman–Crippen LogP) is 3.13. The van der Waals surface area contributed by atoms with Gasteiger partial charge in [0, 0.05) is 6.20 Å². The van der Waals surface area contributed by atoms with Crippen LogP contribution >= 0.6 is 11.6 Å². The third-order valence-corrected chi connectivity index (χ3v) is 3.00. The van der Waals surface area contributed by atoms with Gasteiger partial charge in [-0.3, -0.25) is 4.68 Å². The van der Waals surface area contributed by atoms with Crippen LogP contribution in [0.5, 0.6) is 0 Å². The van der Waals surface area contributed by atoms with Gasteiger partial charge in [-0.05, 0) is 11.6 Å². The van der Waals surface area contributed by atoms with Crippen molar-refractivity contribution in [1.82, 2.24) is 14.8 Å². The number of aromatic nitrogens is 3. The van der Waals surface area contributed by atoms with Gasteiger partial charge in [0.2, 0.25) is 0 Å². The summed E-state index contributed by atoms with van der Waals surface area (Å²) in [5, 5.41) is 5.74. The summed E-state index contributed by atoms with van der Waals surface area (Å²) in [6.07, 6.45) is 3.46. The third-order valence-electron chi connectivity index (χ3n) is 2.70. The van der Waals surface area contributed by atoms with Crippen molar-refractivity contribution in [1.29, 1.82) is 0 Å². The second-order valence-electron chi connectivity index (χ2n) is 3.82. The molecule has 0 amide bonds. The van der Waals surface area contributed by atoms with Crippen LogP contribution in [0.25, 0.3) is 10.9 Å². The van der Waals surface area contributed by atoms with E-state index in [2.05, 4.69) is 22.2 Å². The highest BCUT2D eigenvalue weighted by molar-refractivity contribution is 6.34. The normalized spacial score (nSPS) is 10.9. The summed E-state index contributed by atoms with van der Waals surface area (Å²) in [5.41, 5.74) is 2.22. The second kappa shape index (κ2) is 4.18. The number of benzene rings is 1. The van der Waals surface area contributed by atoms with Gasteiger partial charge in [0.25, 0.3) is 0 Å². The maximum Gasteiger partial charge on any atom is 0.139 e. The molecular weight excluding hydrogens is 234 g/mol. The van der Waals surface area contributed by atoms with Gasteiger partial charge in [-0.25, -0.2) is 4.98 Å². The van der Waals surface area contributed by atoms with Gasteiger partial charge < -0.3 is 0 Å². The molecule has 17 heavy (non-hydrogen) atoms. The Hall–Kier alpha value is -1.87.